The summed E-state index contributed by atoms with van der Waals surface area (Å²) in [5.41, 5.74) is 3.33. The van der Waals surface area contributed by atoms with Crippen LogP contribution < -0.4 is 0 Å². The fourth-order valence-electron chi connectivity index (χ4n) is 4.78. The Bertz CT molecular complexity index is 1450. The van der Waals surface area contributed by atoms with E-state index in [0.29, 0.717) is 23.4 Å². The number of hydrogen-bond donors (Lipinski definition) is 0. The smallest absolute Gasteiger partial charge is 0.328 e. The lowest BCUT2D eigenvalue weighted by molar-refractivity contribution is -0.154. The zero-order chi connectivity index (χ0) is 25.4. The third-order valence-electron chi connectivity index (χ3n) is 6.54. The van der Waals surface area contributed by atoms with E-state index in [1.54, 1.807) is 31.2 Å². The van der Waals surface area contributed by atoms with E-state index in [9.17, 15) is 18.4 Å². The average Bonchev–Trinajstić information content (AvgIpc) is 3.21. The van der Waals surface area contributed by atoms with Crippen LogP contribution in [0.25, 0.3) is 22.3 Å². The molecule has 0 saturated heterocycles. The van der Waals surface area contributed by atoms with Crippen LogP contribution in [0.1, 0.15) is 28.8 Å². The molecule has 1 aliphatic rings. The Balaban J connectivity index is 1.55. The number of fused-ring (bicyclic) bond motifs is 2. The number of nitrogens with zero attached hydrogens (tertiary/aromatic N) is 4. The van der Waals surface area contributed by atoms with Gasteiger partial charge < -0.3 is 9.64 Å². The highest BCUT2D eigenvalue weighted by Crippen LogP contribution is 2.33. The molecule has 5 rings (SSSR count). The molecular weight excluding hydrogens is 466 g/mol. The van der Waals surface area contributed by atoms with Crippen LogP contribution in [0.2, 0.25) is 0 Å². The largest absolute Gasteiger partial charge is 0.467 e. The number of ether oxygens (including phenoxy) is 1. The van der Waals surface area contributed by atoms with E-state index in [1.165, 1.54) is 22.8 Å². The first-order chi connectivity index (χ1) is 17.4. The fraction of sp³-hybridized carbons (Fsp3) is 0.259. The van der Waals surface area contributed by atoms with Gasteiger partial charge in [-0.3, -0.25) is 4.79 Å². The highest BCUT2D eigenvalue weighted by Gasteiger charge is 2.35. The summed E-state index contributed by atoms with van der Waals surface area (Å²) in [4.78, 5) is 32.1. The monoisotopic (exact) mass is 490 g/mol. The molecule has 3 heterocycles. The number of esters is 1. The van der Waals surface area contributed by atoms with Gasteiger partial charge in [-0.25, -0.2) is 23.2 Å². The summed E-state index contributed by atoms with van der Waals surface area (Å²) >= 11 is 0. The number of aromatic nitrogens is 3. The van der Waals surface area contributed by atoms with E-state index in [1.807, 2.05) is 30.3 Å². The first-order valence-corrected chi connectivity index (χ1v) is 11.5. The van der Waals surface area contributed by atoms with Crippen LogP contribution in [0.15, 0.2) is 60.7 Å². The molecule has 1 atom stereocenters. The highest BCUT2D eigenvalue weighted by atomic mass is 19.3. The van der Waals surface area contributed by atoms with Crippen molar-refractivity contribution in [2.75, 3.05) is 7.11 Å². The Morgan fingerprint density at radius 1 is 1.08 bits per heavy atom. The summed E-state index contributed by atoms with van der Waals surface area (Å²) in [5, 5.41) is 4.62. The number of aryl methyl sites for hydroxylation is 1. The molecule has 0 N–H and O–H groups in total. The van der Waals surface area contributed by atoms with Gasteiger partial charge in [-0.1, -0.05) is 54.6 Å². The lowest BCUT2D eigenvalue weighted by Gasteiger charge is -2.35. The number of amides is 1. The predicted molar refractivity (Wildman–Crippen MR) is 129 cm³/mol. The number of pyridine rings is 1. The van der Waals surface area contributed by atoms with Gasteiger partial charge in [0.05, 0.1) is 23.9 Å². The molecule has 184 valence electrons. The van der Waals surface area contributed by atoms with Gasteiger partial charge in [-0.15, -0.1) is 0 Å². The third-order valence-corrected chi connectivity index (χ3v) is 6.54. The number of benzene rings is 2. The van der Waals surface area contributed by atoms with Crippen LogP contribution >= 0.6 is 0 Å². The minimum Gasteiger partial charge on any atom is -0.467 e. The van der Waals surface area contributed by atoms with Gasteiger partial charge >= 0.3 is 5.97 Å². The van der Waals surface area contributed by atoms with E-state index in [0.717, 1.165) is 11.1 Å². The zero-order valence-corrected chi connectivity index (χ0v) is 19.8. The first-order valence-electron chi connectivity index (χ1n) is 11.5. The quantitative estimate of drug-likeness (QED) is 0.386. The maximum atomic E-state index is 14.1. The van der Waals surface area contributed by atoms with Gasteiger partial charge in [-0.05, 0) is 24.1 Å². The zero-order valence-electron chi connectivity index (χ0n) is 19.8. The molecule has 4 aromatic rings. The molecule has 1 unspecified atom stereocenters. The van der Waals surface area contributed by atoms with Gasteiger partial charge in [0.2, 0.25) is 5.91 Å². The second-order valence-corrected chi connectivity index (χ2v) is 8.74. The number of rotatable bonds is 5. The van der Waals surface area contributed by atoms with Crippen molar-refractivity contribution in [3.63, 3.8) is 0 Å². The molecule has 7 nitrogen and oxygen atoms in total. The molecule has 0 spiro atoms. The Kier molecular flexibility index (Phi) is 6.22. The van der Waals surface area contributed by atoms with Crippen LogP contribution in [0.3, 0.4) is 0 Å². The Morgan fingerprint density at radius 2 is 1.78 bits per heavy atom. The van der Waals surface area contributed by atoms with Crippen LogP contribution in [0.5, 0.6) is 0 Å². The first kappa shape index (κ1) is 23.6. The lowest BCUT2D eigenvalue weighted by Crippen LogP contribution is -2.50. The van der Waals surface area contributed by atoms with Crippen LogP contribution in [0.4, 0.5) is 8.78 Å². The van der Waals surface area contributed by atoms with Crippen molar-refractivity contribution in [1.82, 2.24) is 19.7 Å². The summed E-state index contributed by atoms with van der Waals surface area (Å²) in [6, 6.07) is 17.2. The SMILES string of the molecule is COC(=O)C1Cc2ccccc2CN1C(=O)Cn1nc(C)c2c(C(F)F)cc(-c3ccccc3)nc21. The van der Waals surface area contributed by atoms with Gasteiger partial charge in [0.1, 0.15) is 12.6 Å². The number of carbonyl (C=O) groups excluding carboxylic acids is 2. The number of alkyl halides is 2. The van der Waals surface area contributed by atoms with E-state index in [2.05, 4.69) is 10.1 Å². The van der Waals surface area contributed by atoms with Crippen molar-refractivity contribution in [3.05, 3.63) is 83.0 Å². The molecule has 1 aliphatic heterocycles. The van der Waals surface area contributed by atoms with Crippen molar-refractivity contribution >= 4 is 22.9 Å². The van der Waals surface area contributed by atoms with Crippen molar-refractivity contribution in [3.8, 4) is 11.3 Å². The second kappa shape index (κ2) is 9.49. The van der Waals surface area contributed by atoms with Gasteiger partial charge in [0.25, 0.3) is 6.43 Å². The van der Waals surface area contributed by atoms with Crippen molar-refractivity contribution < 1.29 is 23.1 Å². The Hall–Kier alpha value is -4.14. The molecule has 2 aromatic carbocycles. The minimum absolute atomic E-state index is 0.186. The molecule has 0 saturated carbocycles. The Morgan fingerprint density at radius 3 is 2.47 bits per heavy atom. The second-order valence-electron chi connectivity index (χ2n) is 8.74. The predicted octanol–water partition coefficient (Wildman–Crippen LogP) is 4.47. The molecule has 36 heavy (non-hydrogen) atoms. The molecule has 2 aromatic heterocycles. The summed E-state index contributed by atoms with van der Waals surface area (Å²) < 4.78 is 34.4. The van der Waals surface area contributed by atoms with E-state index >= 15 is 0 Å². The van der Waals surface area contributed by atoms with Gasteiger partial charge in [-0.2, -0.15) is 5.10 Å². The van der Waals surface area contributed by atoms with Crippen LogP contribution in [-0.2, 0) is 33.8 Å². The summed E-state index contributed by atoms with van der Waals surface area (Å²) in [6.45, 7) is 1.60. The molecule has 0 fully saturated rings. The van der Waals surface area contributed by atoms with E-state index in [4.69, 9.17) is 4.74 Å². The fourth-order valence-corrected chi connectivity index (χ4v) is 4.78. The average molecular weight is 491 g/mol. The molecule has 9 heteroatoms. The standard InChI is InChI=1S/C27H24F2N4O3/c1-16-24-20(25(28)29)13-21(17-8-4-3-5-9-17)30-26(24)33(31-16)15-23(34)32-14-19-11-7-6-10-18(19)12-22(32)27(35)36-2/h3-11,13,22,25H,12,14-15H2,1-2H3. The summed E-state index contributed by atoms with van der Waals surface area (Å²) in [5.74, 6) is -0.890. The van der Waals surface area contributed by atoms with Crippen molar-refractivity contribution in [2.45, 2.75) is 38.9 Å². The summed E-state index contributed by atoms with van der Waals surface area (Å²) in [6.07, 6.45) is -2.41. The molecular formula is C27H24F2N4O3. The summed E-state index contributed by atoms with van der Waals surface area (Å²) in [7, 11) is 1.29. The maximum Gasteiger partial charge on any atom is 0.328 e. The normalized spacial score (nSPS) is 15.2. The number of hydrogen-bond acceptors (Lipinski definition) is 5. The van der Waals surface area contributed by atoms with Crippen LogP contribution in [0, 0.1) is 6.92 Å². The number of methoxy groups -OCH3 is 1. The molecule has 0 bridgehead atoms. The minimum atomic E-state index is -2.74. The maximum absolute atomic E-state index is 14.1. The van der Waals surface area contributed by atoms with Crippen LogP contribution in [-0.4, -0.2) is 44.7 Å². The van der Waals surface area contributed by atoms with E-state index < -0.39 is 18.4 Å². The molecule has 0 radical (unpaired) electrons. The van der Waals surface area contributed by atoms with Crippen molar-refractivity contribution in [2.24, 2.45) is 0 Å². The lowest BCUT2D eigenvalue weighted by atomic mass is 9.94. The number of halogens is 2. The molecule has 1 amide bonds. The van der Waals surface area contributed by atoms with Gasteiger partial charge in [0.15, 0.2) is 5.65 Å². The van der Waals surface area contributed by atoms with Gasteiger partial charge in [0, 0.05) is 24.1 Å². The van der Waals surface area contributed by atoms with Crippen molar-refractivity contribution in [1.29, 1.82) is 0 Å². The highest BCUT2D eigenvalue weighted by molar-refractivity contribution is 5.88. The Labute approximate surface area is 206 Å². The molecule has 0 aliphatic carbocycles. The van der Waals surface area contributed by atoms with E-state index in [-0.39, 0.29) is 35.6 Å². The number of carbonyl (C=O) groups is 2. The third kappa shape index (κ3) is 4.21. The topological polar surface area (TPSA) is 77.3 Å².